The van der Waals surface area contributed by atoms with Crippen molar-refractivity contribution in [2.24, 2.45) is 10.9 Å². The summed E-state index contributed by atoms with van der Waals surface area (Å²) >= 11 is 0. The highest BCUT2D eigenvalue weighted by Crippen LogP contribution is 2.25. The number of hydrogen-bond acceptors (Lipinski definition) is 5. The minimum atomic E-state index is 0.0964. The minimum Gasteiger partial charge on any atom is -0.496 e. The van der Waals surface area contributed by atoms with Gasteiger partial charge in [0.25, 0.3) is 0 Å². The van der Waals surface area contributed by atoms with Crippen LogP contribution in [0.5, 0.6) is 5.75 Å². The van der Waals surface area contributed by atoms with E-state index in [2.05, 4.69) is 24.0 Å². The Hall–Kier alpha value is -1.79. The fourth-order valence-electron chi connectivity index (χ4n) is 2.80. The van der Waals surface area contributed by atoms with Crippen LogP contribution in [0.1, 0.15) is 24.5 Å². The Morgan fingerprint density at radius 3 is 2.90 bits per heavy atom. The maximum absolute atomic E-state index is 8.80. The Morgan fingerprint density at radius 2 is 2.33 bits per heavy atom. The summed E-state index contributed by atoms with van der Waals surface area (Å²) in [5.41, 5.74) is 7.34. The average Bonchev–Trinajstić information content (AvgIpc) is 2.92. The van der Waals surface area contributed by atoms with Crippen LogP contribution in [-0.2, 0) is 11.3 Å². The summed E-state index contributed by atoms with van der Waals surface area (Å²) in [4.78, 5) is 2.26. The van der Waals surface area contributed by atoms with Crippen molar-refractivity contribution in [1.82, 2.24) is 4.90 Å². The predicted molar refractivity (Wildman–Crippen MR) is 80.8 cm³/mol. The van der Waals surface area contributed by atoms with E-state index in [1.165, 1.54) is 0 Å². The van der Waals surface area contributed by atoms with Crippen molar-refractivity contribution in [3.05, 3.63) is 29.3 Å². The number of nitrogens with zero attached hydrogens (tertiary/aromatic N) is 2. The summed E-state index contributed by atoms with van der Waals surface area (Å²) < 4.78 is 11.0. The highest BCUT2D eigenvalue weighted by atomic mass is 16.5. The number of methoxy groups -OCH3 is 1. The number of likely N-dealkylation sites (N-methyl/N-ethyl adjacent to an activating group) is 1. The van der Waals surface area contributed by atoms with Crippen molar-refractivity contribution in [2.75, 3.05) is 20.8 Å². The third kappa shape index (κ3) is 3.46. The number of benzene rings is 1. The number of ether oxygens (including phenoxy) is 2. The topological polar surface area (TPSA) is 80.3 Å². The first-order valence-corrected chi connectivity index (χ1v) is 7.03. The zero-order valence-electron chi connectivity index (χ0n) is 12.7. The SMILES string of the molecule is COc1ccc(/C(N)=N/O)cc1CN(C)C1CCOC1C. The Morgan fingerprint density at radius 1 is 1.57 bits per heavy atom. The van der Waals surface area contributed by atoms with Gasteiger partial charge in [0.05, 0.1) is 13.2 Å². The van der Waals surface area contributed by atoms with Crippen LogP contribution >= 0.6 is 0 Å². The zero-order chi connectivity index (χ0) is 15.4. The monoisotopic (exact) mass is 293 g/mol. The third-order valence-electron chi connectivity index (χ3n) is 4.01. The van der Waals surface area contributed by atoms with Crippen LogP contribution in [-0.4, -0.2) is 48.9 Å². The fourth-order valence-corrected chi connectivity index (χ4v) is 2.80. The first-order valence-electron chi connectivity index (χ1n) is 7.03. The number of amidine groups is 1. The molecule has 2 atom stereocenters. The molecule has 0 spiro atoms. The number of hydrogen-bond donors (Lipinski definition) is 2. The van der Waals surface area contributed by atoms with Crippen LogP contribution in [0.25, 0.3) is 0 Å². The summed E-state index contributed by atoms with van der Waals surface area (Å²) in [5.74, 6) is 0.891. The lowest BCUT2D eigenvalue weighted by molar-refractivity contribution is 0.0811. The second-order valence-electron chi connectivity index (χ2n) is 5.36. The van der Waals surface area contributed by atoms with Gasteiger partial charge in [0, 0.05) is 30.3 Å². The molecule has 6 nitrogen and oxygen atoms in total. The van der Waals surface area contributed by atoms with E-state index in [0.29, 0.717) is 18.2 Å². The smallest absolute Gasteiger partial charge is 0.170 e. The molecule has 1 aromatic rings. The van der Waals surface area contributed by atoms with E-state index >= 15 is 0 Å². The van der Waals surface area contributed by atoms with Gasteiger partial charge in [0.2, 0.25) is 0 Å². The molecule has 0 bridgehead atoms. The predicted octanol–water partition coefficient (Wildman–Crippen LogP) is 1.40. The van der Waals surface area contributed by atoms with Gasteiger partial charge >= 0.3 is 0 Å². The van der Waals surface area contributed by atoms with Crippen LogP contribution in [0.15, 0.2) is 23.4 Å². The van der Waals surface area contributed by atoms with E-state index in [0.717, 1.165) is 24.3 Å². The number of rotatable bonds is 5. The molecule has 0 amide bonds. The maximum atomic E-state index is 8.80. The van der Waals surface area contributed by atoms with Gasteiger partial charge in [0.1, 0.15) is 5.75 Å². The van der Waals surface area contributed by atoms with Crippen molar-refractivity contribution in [3.8, 4) is 5.75 Å². The molecule has 0 aromatic heterocycles. The van der Waals surface area contributed by atoms with Crippen molar-refractivity contribution < 1.29 is 14.7 Å². The van der Waals surface area contributed by atoms with Crippen LogP contribution in [0.2, 0.25) is 0 Å². The van der Waals surface area contributed by atoms with Crippen molar-refractivity contribution in [3.63, 3.8) is 0 Å². The molecule has 6 heteroatoms. The van der Waals surface area contributed by atoms with Crippen molar-refractivity contribution >= 4 is 5.84 Å². The minimum absolute atomic E-state index is 0.0964. The molecule has 116 valence electrons. The number of nitrogens with two attached hydrogens (primary N) is 1. The summed E-state index contributed by atoms with van der Waals surface area (Å²) in [5, 5.41) is 11.8. The van der Waals surface area contributed by atoms with Crippen molar-refractivity contribution in [2.45, 2.75) is 32.0 Å². The van der Waals surface area contributed by atoms with Gasteiger partial charge in [0.15, 0.2) is 5.84 Å². The second-order valence-corrected chi connectivity index (χ2v) is 5.36. The third-order valence-corrected chi connectivity index (χ3v) is 4.01. The van der Waals surface area contributed by atoms with Gasteiger partial charge in [-0.1, -0.05) is 5.16 Å². The van der Waals surface area contributed by atoms with E-state index in [1.807, 2.05) is 12.1 Å². The van der Waals surface area contributed by atoms with E-state index in [1.54, 1.807) is 13.2 Å². The highest BCUT2D eigenvalue weighted by molar-refractivity contribution is 5.97. The van der Waals surface area contributed by atoms with Crippen LogP contribution in [0, 0.1) is 0 Å². The molecule has 1 saturated heterocycles. The molecule has 1 aliphatic heterocycles. The van der Waals surface area contributed by atoms with E-state index in [9.17, 15) is 0 Å². The lowest BCUT2D eigenvalue weighted by Crippen LogP contribution is -2.36. The molecule has 2 rings (SSSR count). The molecule has 3 N–H and O–H groups in total. The Balaban J connectivity index is 2.20. The lowest BCUT2D eigenvalue weighted by atomic mass is 10.1. The Labute approximate surface area is 125 Å². The van der Waals surface area contributed by atoms with E-state index < -0.39 is 0 Å². The van der Waals surface area contributed by atoms with Gasteiger partial charge in [-0.2, -0.15) is 0 Å². The summed E-state index contributed by atoms with van der Waals surface area (Å²) in [6.45, 7) is 3.61. The molecule has 1 fully saturated rings. The van der Waals surface area contributed by atoms with Crippen molar-refractivity contribution in [1.29, 1.82) is 0 Å². The standard InChI is InChI=1S/C15H23N3O3/c1-10-13(6-7-21-10)18(2)9-12-8-11(15(16)17-19)4-5-14(12)20-3/h4-5,8,10,13,19H,6-7,9H2,1-3H3,(H2,16,17). The van der Waals surface area contributed by atoms with Gasteiger partial charge in [-0.15, -0.1) is 0 Å². The average molecular weight is 293 g/mol. The zero-order valence-corrected chi connectivity index (χ0v) is 12.7. The molecule has 1 aliphatic rings. The molecule has 21 heavy (non-hydrogen) atoms. The molecular formula is C15H23N3O3. The Kier molecular flexibility index (Phi) is 5.03. The fraction of sp³-hybridized carbons (Fsp3) is 0.533. The number of oxime groups is 1. The Bertz CT molecular complexity index is 519. The van der Waals surface area contributed by atoms with Gasteiger partial charge in [-0.3, -0.25) is 4.90 Å². The molecule has 0 radical (unpaired) electrons. The van der Waals surface area contributed by atoms with Gasteiger partial charge in [-0.05, 0) is 38.6 Å². The molecular weight excluding hydrogens is 270 g/mol. The maximum Gasteiger partial charge on any atom is 0.170 e. The van der Waals surface area contributed by atoms with Crippen LogP contribution < -0.4 is 10.5 Å². The highest BCUT2D eigenvalue weighted by Gasteiger charge is 2.28. The van der Waals surface area contributed by atoms with E-state index in [4.69, 9.17) is 20.4 Å². The lowest BCUT2D eigenvalue weighted by Gasteiger charge is -2.27. The quantitative estimate of drug-likeness (QED) is 0.371. The molecule has 1 heterocycles. The van der Waals surface area contributed by atoms with Gasteiger partial charge < -0.3 is 20.4 Å². The van der Waals surface area contributed by atoms with E-state index in [-0.39, 0.29) is 11.9 Å². The normalized spacial score (nSPS) is 22.8. The summed E-state index contributed by atoms with van der Waals surface area (Å²) in [6.07, 6.45) is 1.26. The first kappa shape index (κ1) is 15.6. The molecule has 0 aliphatic carbocycles. The largest absolute Gasteiger partial charge is 0.496 e. The van der Waals surface area contributed by atoms with Crippen LogP contribution in [0.4, 0.5) is 0 Å². The summed E-state index contributed by atoms with van der Waals surface area (Å²) in [6, 6.07) is 5.90. The van der Waals surface area contributed by atoms with Crippen LogP contribution in [0.3, 0.4) is 0 Å². The molecule has 1 aromatic carbocycles. The first-order chi connectivity index (χ1) is 10.1. The van der Waals surface area contributed by atoms with Gasteiger partial charge in [-0.25, -0.2) is 0 Å². The second kappa shape index (κ2) is 6.78. The molecule has 0 saturated carbocycles. The summed E-state index contributed by atoms with van der Waals surface area (Å²) in [7, 11) is 3.72. The molecule has 2 unspecified atom stereocenters.